The third-order valence-corrected chi connectivity index (χ3v) is 2.72. The van der Waals surface area contributed by atoms with Crippen LogP contribution in [-0.4, -0.2) is 12.1 Å². The Hall–Kier alpha value is -0.0800. The molecule has 0 bridgehead atoms. The van der Waals surface area contributed by atoms with E-state index in [4.69, 9.17) is 11.5 Å². The van der Waals surface area contributed by atoms with Crippen LogP contribution in [0.3, 0.4) is 0 Å². The number of rotatable bonds is 7. The second-order valence-electron chi connectivity index (χ2n) is 5.49. The molecule has 0 radical (unpaired) electrons. The van der Waals surface area contributed by atoms with Crippen LogP contribution in [0.25, 0.3) is 0 Å². The summed E-state index contributed by atoms with van der Waals surface area (Å²) in [5, 5.41) is 0. The summed E-state index contributed by atoms with van der Waals surface area (Å²) in [5.41, 5.74) is 11.8. The second kappa shape index (κ2) is 6.41. The molecule has 0 rings (SSSR count). The molecule has 4 N–H and O–H groups in total. The van der Waals surface area contributed by atoms with Gasteiger partial charge >= 0.3 is 0 Å². The van der Waals surface area contributed by atoms with Crippen molar-refractivity contribution < 1.29 is 0 Å². The third kappa shape index (κ3) is 7.34. The molecular formula is C12H28N2. The minimum atomic E-state index is 0.0164. The molecule has 0 spiro atoms. The van der Waals surface area contributed by atoms with Gasteiger partial charge in [0.25, 0.3) is 0 Å². The van der Waals surface area contributed by atoms with E-state index in [-0.39, 0.29) is 5.54 Å². The summed E-state index contributed by atoms with van der Waals surface area (Å²) < 4.78 is 0. The molecule has 14 heavy (non-hydrogen) atoms. The van der Waals surface area contributed by atoms with E-state index in [1.165, 1.54) is 12.8 Å². The zero-order valence-corrected chi connectivity index (χ0v) is 10.3. The van der Waals surface area contributed by atoms with Crippen molar-refractivity contribution >= 4 is 0 Å². The molecule has 2 atom stereocenters. The summed E-state index contributed by atoms with van der Waals surface area (Å²) in [6, 6.07) is 0. The minimum Gasteiger partial charge on any atom is -0.330 e. The fourth-order valence-corrected chi connectivity index (χ4v) is 2.01. The molecule has 0 saturated heterocycles. The monoisotopic (exact) mass is 200 g/mol. The van der Waals surface area contributed by atoms with Crippen LogP contribution >= 0.6 is 0 Å². The lowest BCUT2D eigenvalue weighted by atomic mass is 9.86. The fraction of sp³-hybridized carbons (Fsp3) is 1.00. The Morgan fingerprint density at radius 3 is 2.21 bits per heavy atom. The van der Waals surface area contributed by atoms with Gasteiger partial charge in [0.05, 0.1) is 0 Å². The Morgan fingerprint density at radius 1 is 1.21 bits per heavy atom. The average Bonchev–Trinajstić information content (AvgIpc) is 2.01. The lowest BCUT2D eigenvalue weighted by Crippen LogP contribution is -2.37. The lowest BCUT2D eigenvalue weighted by molar-refractivity contribution is 0.327. The van der Waals surface area contributed by atoms with E-state index in [0.29, 0.717) is 11.8 Å². The van der Waals surface area contributed by atoms with Crippen molar-refractivity contribution in [1.29, 1.82) is 0 Å². The molecule has 0 aliphatic heterocycles. The maximum atomic E-state index is 6.21. The van der Waals surface area contributed by atoms with Gasteiger partial charge in [-0.15, -0.1) is 0 Å². The predicted molar refractivity (Wildman–Crippen MR) is 64.1 cm³/mol. The van der Waals surface area contributed by atoms with Crippen molar-refractivity contribution in [2.75, 3.05) is 6.54 Å². The molecule has 0 aliphatic carbocycles. The molecule has 0 aromatic carbocycles. The molecule has 2 heteroatoms. The molecule has 0 saturated carbocycles. The topological polar surface area (TPSA) is 52.0 Å². The van der Waals surface area contributed by atoms with Crippen LogP contribution in [0.15, 0.2) is 0 Å². The van der Waals surface area contributed by atoms with E-state index in [1.54, 1.807) is 0 Å². The summed E-state index contributed by atoms with van der Waals surface area (Å²) >= 11 is 0. The minimum absolute atomic E-state index is 0.0164. The fourth-order valence-electron chi connectivity index (χ4n) is 2.01. The third-order valence-electron chi connectivity index (χ3n) is 2.72. The van der Waals surface area contributed by atoms with Gasteiger partial charge in [0.1, 0.15) is 0 Å². The van der Waals surface area contributed by atoms with Gasteiger partial charge in [-0.25, -0.2) is 0 Å². The maximum absolute atomic E-state index is 6.21. The summed E-state index contributed by atoms with van der Waals surface area (Å²) in [6.07, 6.45) is 4.65. The molecule has 86 valence electrons. The number of hydrogen-bond acceptors (Lipinski definition) is 2. The molecular weight excluding hydrogens is 172 g/mol. The van der Waals surface area contributed by atoms with Crippen molar-refractivity contribution in [1.82, 2.24) is 0 Å². The van der Waals surface area contributed by atoms with Crippen LogP contribution < -0.4 is 11.5 Å². The average molecular weight is 200 g/mol. The molecule has 0 heterocycles. The highest BCUT2D eigenvalue weighted by atomic mass is 14.7. The lowest BCUT2D eigenvalue weighted by Gasteiger charge is -2.27. The summed E-state index contributed by atoms with van der Waals surface area (Å²) in [4.78, 5) is 0. The highest BCUT2D eigenvalue weighted by Crippen LogP contribution is 2.21. The van der Waals surface area contributed by atoms with Crippen LogP contribution in [0.2, 0.25) is 0 Å². The van der Waals surface area contributed by atoms with E-state index in [9.17, 15) is 0 Å². The standard InChI is InChI=1S/C12H28N2/c1-10(2)8-12(4,14)7-5-6-11(3)9-13/h10-11H,5-9,13-14H2,1-4H3. The quantitative estimate of drug-likeness (QED) is 0.663. The largest absolute Gasteiger partial charge is 0.330 e. The first-order chi connectivity index (χ1) is 6.37. The molecule has 0 aliphatic rings. The van der Waals surface area contributed by atoms with Crippen LogP contribution in [0, 0.1) is 11.8 Å². The molecule has 2 unspecified atom stereocenters. The Balaban J connectivity index is 3.65. The Morgan fingerprint density at radius 2 is 1.79 bits per heavy atom. The maximum Gasteiger partial charge on any atom is 0.0128 e. The van der Waals surface area contributed by atoms with Gasteiger partial charge in [0.15, 0.2) is 0 Å². The zero-order valence-electron chi connectivity index (χ0n) is 10.3. The predicted octanol–water partition coefficient (Wildman–Crippen LogP) is 2.52. The van der Waals surface area contributed by atoms with Crippen molar-refractivity contribution in [3.05, 3.63) is 0 Å². The number of nitrogens with two attached hydrogens (primary N) is 2. The smallest absolute Gasteiger partial charge is 0.0128 e. The normalized spacial score (nSPS) is 18.2. The van der Waals surface area contributed by atoms with Crippen molar-refractivity contribution in [2.45, 2.75) is 58.9 Å². The van der Waals surface area contributed by atoms with E-state index in [0.717, 1.165) is 19.4 Å². The number of hydrogen-bond donors (Lipinski definition) is 2. The summed E-state index contributed by atoms with van der Waals surface area (Å²) in [7, 11) is 0. The van der Waals surface area contributed by atoms with Gasteiger partial charge in [-0.05, 0) is 44.6 Å². The van der Waals surface area contributed by atoms with E-state index in [1.807, 2.05) is 0 Å². The first-order valence-corrected chi connectivity index (χ1v) is 5.86. The zero-order chi connectivity index (χ0) is 11.2. The van der Waals surface area contributed by atoms with Crippen molar-refractivity contribution in [3.8, 4) is 0 Å². The Bertz CT molecular complexity index is 141. The van der Waals surface area contributed by atoms with Gasteiger partial charge in [0, 0.05) is 5.54 Å². The summed E-state index contributed by atoms with van der Waals surface area (Å²) in [5.74, 6) is 1.33. The van der Waals surface area contributed by atoms with Crippen LogP contribution in [0.4, 0.5) is 0 Å². The highest BCUT2D eigenvalue weighted by molar-refractivity contribution is 4.79. The molecule has 0 fully saturated rings. The SMILES string of the molecule is CC(C)CC(C)(N)CCCC(C)CN. The molecule has 2 nitrogen and oxygen atoms in total. The first-order valence-electron chi connectivity index (χ1n) is 5.86. The molecule has 0 aromatic rings. The van der Waals surface area contributed by atoms with Gasteiger partial charge in [-0.3, -0.25) is 0 Å². The van der Waals surface area contributed by atoms with Crippen LogP contribution in [-0.2, 0) is 0 Å². The Kier molecular flexibility index (Phi) is 6.38. The second-order valence-corrected chi connectivity index (χ2v) is 5.49. The van der Waals surface area contributed by atoms with Crippen LogP contribution in [0.5, 0.6) is 0 Å². The van der Waals surface area contributed by atoms with E-state index in [2.05, 4.69) is 27.7 Å². The van der Waals surface area contributed by atoms with Gasteiger partial charge in [0.2, 0.25) is 0 Å². The molecule has 0 amide bonds. The molecule has 0 aromatic heterocycles. The van der Waals surface area contributed by atoms with Gasteiger partial charge in [-0.1, -0.05) is 27.2 Å². The van der Waals surface area contributed by atoms with E-state index < -0.39 is 0 Å². The van der Waals surface area contributed by atoms with Crippen molar-refractivity contribution in [2.24, 2.45) is 23.3 Å². The first kappa shape index (κ1) is 13.9. The van der Waals surface area contributed by atoms with Gasteiger partial charge in [-0.2, -0.15) is 0 Å². The highest BCUT2D eigenvalue weighted by Gasteiger charge is 2.19. The van der Waals surface area contributed by atoms with Gasteiger partial charge < -0.3 is 11.5 Å². The van der Waals surface area contributed by atoms with Crippen LogP contribution in [0.1, 0.15) is 53.4 Å². The Labute approximate surface area is 89.4 Å². The summed E-state index contributed by atoms with van der Waals surface area (Å²) in [6.45, 7) is 9.63. The van der Waals surface area contributed by atoms with Crippen molar-refractivity contribution in [3.63, 3.8) is 0 Å². The van der Waals surface area contributed by atoms with E-state index >= 15 is 0 Å².